The molecule has 9 heteroatoms. The van der Waals surface area contributed by atoms with Gasteiger partial charge in [-0.1, -0.05) is 31.5 Å². The molecule has 7 nitrogen and oxygen atoms in total. The van der Waals surface area contributed by atoms with E-state index >= 15 is 0 Å². The summed E-state index contributed by atoms with van der Waals surface area (Å²) >= 11 is 1.58. The number of aromatic nitrogens is 1. The van der Waals surface area contributed by atoms with Gasteiger partial charge in [0.1, 0.15) is 0 Å². The fourth-order valence-electron chi connectivity index (χ4n) is 4.01. The van der Waals surface area contributed by atoms with Crippen LogP contribution in [0.1, 0.15) is 41.3 Å². The van der Waals surface area contributed by atoms with Crippen LogP contribution < -0.4 is 9.62 Å². The van der Waals surface area contributed by atoms with Crippen LogP contribution in [0.25, 0.3) is 0 Å². The molecular formula is C25H30N4O3S2. The number of anilines is 2. The number of hydrogen-bond donors (Lipinski definition) is 1. The van der Waals surface area contributed by atoms with E-state index in [4.69, 9.17) is 0 Å². The predicted octanol–water partition coefficient (Wildman–Crippen LogP) is 4.56. The standard InChI is InChI=1S/C25H30N4O3S2/c1-3-4-5-20-7-10-22(11-8-20)27-34(31,32)23-18-21(9-6-19(23)2)24(30)28-13-15-29(16-14-28)25-26-12-17-33-25/h6-12,17-18,27H,3-5,13-16H2,1-2H3. The molecule has 180 valence electrons. The molecule has 3 aromatic rings. The number of thiazole rings is 1. The Balaban J connectivity index is 1.46. The van der Waals surface area contributed by atoms with Gasteiger partial charge in [0.15, 0.2) is 5.13 Å². The summed E-state index contributed by atoms with van der Waals surface area (Å²) in [5.74, 6) is -0.157. The zero-order valence-electron chi connectivity index (χ0n) is 19.5. The lowest BCUT2D eigenvalue weighted by Gasteiger charge is -2.34. The van der Waals surface area contributed by atoms with Gasteiger partial charge in [0, 0.05) is 49.0 Å². The lowest BCUT2D eigenvalue weighted by Crippen LogP contribution is -2.48. The average Bonchev–Trinajstić information content (AvgIpc) is 3.38. The molecule has 0 spiro atoms. The zero-order chi connectivity index (χ0) is 24.1. The molecule has 0 saturated carbocycles. The first-order valence-corrected chi connectivity index (χ1v) is 13.9. The van der Waals surface area contributed by atoms with Crippen LogP contribution in [0.4, 0.5) is 10.8 Å². The van der Waals surface area contributed by atoms with E-state index in [1.165, 1.54) is 11.6 Å². The Kier molecular flexibility index (Phi) is 7.53. The number of nitrogens with zero attached hydrogens (tertiary/aromatic N) is 3. The molecule has 0 atom stereocenters. The first kappa shape index (κ1) is 24.2. The smallest absolute Gasteiger partial charge is 0.262 e. The van der Waals surface area contributed by atoms with Crippen molar-refractivity contribution in [3.8, 4) is 0 Å². The number of sulfonamides is 1. The van der Waals surface area contributed by atoms with Gasteiger partial charge in [0.2, 0.25) is 0 Å². The highest BCUT2D eigenvalue weighted by molar-refractivity contribution is 7.92. The summed E-state index contributed by atoms with van der Waals surface area (Å²) in [7, 11) is -3.83. The molecule has 1 aliphatic rings. The number of amides is 1. The number of aryl methyl sites for hydroxylation is 2. The molecule has 1 aliphatic heterocycles. The second-order valence-corrected chi connectivity index (χ2v) is 11.0. The lowest BCUT2D eigenvalue weighted by atomic mass is 10.1. The van der Waals surface area contributed by atoms with E-state index in [1.54, 1.807) is 53.6 Å². The van der Waals surface area contributed by atoms with Gasteiger partial charge < -0.3 is 9.80 Å². The summed E-state index contributed by atoms with van der Waals surface area (Å²) in [6, 6.07) is 12.4. The molecule has 0 aliphatic carbocycles. The van der Waals surface area contributed by atoms with Gasteiger partial charge in [-0.2, -0.15) is 0 Å². The van der Waals surface area contributed by atoms with E-state index in [1.807, 2.05) is 17.5 Å². The van der Waals surface area contributed by atoms with E-state index in [0.29, 0.717) is 43.0 Å². The maximum absolute atomic E-state index is 13.2. The van der Waals surface area contributed by atoms with Crippen molar-refractivity contribution >= 4 is 38.1 Å². The van der Waals surface area contributed by atoms with Crippen molar-refractivity contribution in [3.63, 3.8) is 0 Å². The molecule has 2 aromatic carbocycles. The number of carbonyl (C=O) groups excluding carboxylic acids is 1. The summed E-state index contributed by atoms with van der Waals surface area (Å²) in [5, 5.41) is 2.90. The molecule has 1 saturated heterocycles. The van der Waals surface area contributed by atoms with Gasteiger partial charge in [-0.15, -0.1) is 11.3 Å². The summed E-state index contributed by atoms with van der Waals surface area (Å²) in [6.07, 6.45) is 4.97. The lowest BCUT2D eigenvalue weighted by molar-refractivity contribution is 0.0746. The van der Waals surface area contributed by atoms with Gasteiger partial charge >= 0.3 is 0 Å². The highest BCUT2D eigenvalue weighted by Gasteiger charge is 2.25. The van der Waals surface area contributed by atoms with Crippen molar-refractivity contribution in [3.05, 3.63) is 70.7 Å². The minimum atomic E-state index is -3.83. The van der Waals surface area contributed by atoms with Crippen LogP contribution in [0.2, 0.25) is 0 Å². The SMILES string of the molecule is CCCCc1ccc(NS(=O)(=O)c2cc(C(=O)N3CCN(c4nccs4)CC3)ccc2C)cc1. The maximum Gasteiger partial charge on any atom is 0.262 e. The van der Waals surface area contributed by atoms with E-state index in [0.717, 1.165) is 24.4 Å². The molecule has 0 bridgehead atoms. The quantitative estimate of drug-likeness (QED) is 0.492. The van der Waals surface area contributed by atoms with E-state index < -0.39 is 10.0 Å². The summed E-state index contributed by atoms with van der Waals surface area (Å²) in [6.45, 7) is 6.42. The molecule has 34 heavy (non-hydrogen) atoms. The van der Waals surface area contributed by atoms with Crippen LogP contribution in [-0.2, 0) is 16.4 Å². The van der Waals surface area contributed by atoms with Crippen LogP contribution in [0.15, 0.2) is 58.9 Å². The number of piperazine rings is 1. The Morgan fingerprint density at radius 1 is 1.09 bits per heavy atom. The fraction of sp³-hybridized carbons (Fsp3) is 0.360. The molecule has 4 rings (SSSR count). The van der Waals surface area contributed by atoms with E-state index in [2.05, 4.69) is 21.5 Å². The first-order valence-electron chi connectivity index (χ1n) is 11.5. The topological polar surface area (TPSA) is 82.6 Å². The number of benzene rings is 2. The van der Waals surface area contributed by atoms with Gasteiger partial charge in [0.25, 0.3) is 15.9 Å². The number of carbonyl (C=O) groups is 1. The molecule has 1 fully saturated rings. The van der Waals surface area contributed by atoms with Crippen molar-refractivity contribution in [1.29, 1.82) is 0 Å². The third-order valence-electron chi connectivity index (χ3n) is 6.01. The number of nitrogens with one attached hydrogen (secondary N) is 1. The molecule has 1 amide bonds. The number of rotatable bonds is 8. The van der Waals surface area contributed by atoms with Gasteiger partial charge in [-0.25, -0.2) is 13.4 Å². The van der Waals surface area contributed by atoms with Gasteiger partial charge in [-0.05, 0) is 55.2 Å². The highest BCUT2D eigenvalue weighted by Crippen LogP contribution is 2.24. The van der Waals surface area contributed by atoms with Crippen molar-refractivity contribution in [1.82, 2.24) is 9.88 Å². The zero-order valence-corrected chi connectivity index (χ0v) is 21.2. The Morgan fingerprint density at radius 3 is 2.47 bits per heavy atom. The number of hydrogen-bond acceptors (Lipinski definition) is 6. The van der Waals surface area contributed by atoms with Crippen LogP contribution in [-0.4, -0.2) is 50.4 Å². The predicted molar refractivity (Wildman–Crippen MR) is 137 cm³/mol. The third kappa shape index (κ3) is 5.59. The van der Waals surface area contributed by atoms with Gasteiger partial charge in [-0.3, -0.25) is 9.52 Å². The average molecular weight is 499 g/mol. The largest absolute Gasteiger partial charge is 0.345 e. The Bertz CT molecular complexity index is 1220. The summed E-state index contributed by atoms with van der Waals surface area (Å²) in [5.41, 5.74) is 2.67. The molecule has 1 N–H and O–H groups in total. The molecule has 1 aromatic heterocycles. The van der Waals surface area contributed by atoms with Crippen LogP contribution in [0.3, 0.4) is 0 Å². The molecule has 2 heterocycles. The van der Waals surface area contributed by atoms with Crippen molar-refractivity contribution in [2.24, 2.45) is 0 Å². The third-order valence-corrected chi connectivity index (χ3v) is 8.36. The second kappa shape index (κ2) is 10.6. The minimum Gasteiger partial charge on any atom is -0.345 e. The van der Waals surface area contributed by atoms with Crippen molar-refractivity contribution in [2.45, 2.75) is 38.0 Å². The van der Waals surface area contributed by atoms with Crippen molar-refractivity contribution < 1.29 is 13.2 Å². The fourth-order valence-corrected chi connectivity index (χ4v) is 6.04. The minimum absolute atomic E-state index is 0.120. The van der Waals surface area contributed by atoms with E-state index in [9.17, 15) is 13.2 Å². The summed E-state index contributed by atoms with van der Waals surface area (Å²) in [4.78, 5) is 21.5. The monoisotopic (exact) mass is 498 g/mol. The first-order chi connectivity index (χ1) is 16.4. The molecule has 0 unspecified atom stereocenters. The molecule has 0 radical (unpaired) electrons. The Hall–Kier alpha value is -2.91. The van der Waals surface area contributed by atoms with Crippen molar-refractivity contribution in [2.75, 3.05) is 35.8 Å². The van der Waals surface area contributed by atoms with Crippen LogP contribution >= 0.6 is 11.3 Å². The summed E-state index contributed by atoms with van der Waals surface area (Å²) < 4.78 is 29.0. The normalized spacial score (nSPS) is 14.3. The number of unbranched alkanes of at least 4 members (excludes halogenated alkanes) is 1. The Labute approximate surface area is 205 Å². The Morgan fingerprint density at radius 2 is 1.82 bits per heavy atom. The maximum atomic E-state index is 13.2. The van der Waals surface area contributed by atoms with Crippen LogP contribution in [0, 0.1) is 6.92 Å². The van der Waals surface area contributed by atoms with Gasteiger partial charge in [0.05, 0.1) is 4.90 Å². The molecular weight excluding hydrogens is 468 g/mol. The van der Waals surface area contributed by atoms with Crippen LogP contribution in [0.5, 0.6) is 0 Å². The highest BCUT2D eigenvalue weighted by atomic mass is 32.2. The van der Waals surface area contributed by atoms with E-state index in [-0.39, 0.29) is 10.8 Å². The second-order valence-electron chi connectivity index (χ2n) is 8.48.